The lowest BCUT2D eigenvalue weighted by Crippen LogP contribution is -2.46. The number of nitrogens with one attached hydrogen (secondary N) is 3. The summed E-state index contributed by atoms with van der Waals surface area (Å²) < 4.78 is 24.3. The molecule has 4 aromatic rings. The molecule has 3 amide bonds. The van der Waals surface area contributed by atoms with E-state index in [-0.39, 0.29) is 10.8 Å². The number of rotatable bonds is 8. The zero-order chi connectivity index (χ0) is 26.3. The van der Waals surface area contributed by atoms with Gasteiger partial charge in [-0.3, -0.25) is 4.79 Å². The number of sulfone groups is 1. The van der Waals surface area contributed by atoms with Crippen molar-refractivity contribution in [3.05, 3.63) is 115 Å². The average molecular weight is 514 g/mol. The molecule has 0 aliphatic carbocycles. The molecule has 0 radical (unpaired) electrons. The summed E-state index contributed by atoms with van der Waals surface area (Å²) in [6, 6.07) is 30.8. The van der Waals surface area contributed by atoms with E-state index in [0.29, 0.717) is 28.9 Å². The third-order valence-electron chi connectivity index (χ3n) is 5.69. The molecule has 0 aliphatic rings. The van der Waals surface area contributed by atoms with E-state index in [1.165, 1.54) is 6.26 Å². The van der Waals surface area contributed by atoms with Gasteiger partial charge in [0.2, 0.25) is 5.91 Å². The lowest BCUT2D eigenvalue weighted by Gasteiger charge is -2.19. The second-order valence-electron chi connectivity index (χ2n) is 8.54. The molecule has 0 saturated heterocycles. The fourth-order valence-electron chi connectivity index (χ4n) is 3.90. The third kappa shape index (κ3) is 7.05. The SMILES string of the molecule is CS(=O)(=O)c1ccccc1-c1ccc(NC(=O)[C@H](Cc2ccccc2)NC(=O)Nc2ccccc2)cc1. The quantitative estimate of drug-likeness (QED) is 0.304. The highest BCUT2D eigenvalue weighted by molar-refractivity contribution is 7.90. The fourth-order valence-corrected chi connectivity index (χ4v) is 4.81. The summed E-state index contributed by atoms with van der Waals surface area (Å²) in [6.07, 6.45) is 1.48. The average Bonchev–Trinajstić information content (AvgIpc) is 2.89. The van der Waals surface area contributed by atoms with Crippen LogP contribution in [-0.4, -0.2) is 32.7 Å². The standard InChI is InChI=1S/C29H27N3O4S/c1-37(35,36)27-15-9-8-14-25(27)22-16-18-24(19-17-22)30-28(33)26(20-21-10-4-2-5-11-21)32-29(34)31-23-12-6-3-7-13-23/h2-19,26H,20H2,1H3,(H,30,33)(H2,31,32,34)/t26-/m0/s1. The molecule has 0 bridgehead atoms. The topological polar surface area (TPSA) is 104 Å². The number of hydrogen-bond donors (Lipinski definition) is 3. The Balaban J connectivity index is 1.50. The maximum atomic E-state index is 13.2. The Hall–Kier alpha value is -4.43. The van der Waals surface area contributed by atoms with Gasteiger partial charge in [-0.25, -0.2) is 13.2 Å². The van der Waals surface area contributed by atoms with Crippen molar-refractivity contribution in [2.45, 2.75) is 17.4 Å². The maximum Gasteiger partial charge on any atom is 0.319 e. The van der Waals surface area contributed by atoms with Gasteiger partial charge in [0.1, 0.15) is 6.04 Å². The highest BCUT2D eigenvalue weighted by atomic mass is 32.2. The normalized spacial score (nSPS) is 11.8. The highest BCUT2D eigenvalue weighted by Gasteiger charge is 2.22. The minimum absolute atomic E-state index is 0.239. The molecule has 8 heteroatoms. The maximum absolute atomic E-state index is 13.2. The number of amides is 3. The molecule has 0 heterocycles. The fraction of sp³-hybridized carbons (Fsp3) is 0.103. The predicted molar refractivity (Wildman–Crippen MR) is 146 cm³/mol. The second kappa shape index (κ2) is 11.5. The van der Waals surface area contributed by atoms with Crippen molar-refractivity contribution in [3.8, 4) is 11.1 Å². The van der Waals surface area contributed by atoms with Crippen LogP contribution in [-0.2, 0) is 21.1 Å². The van der Waals surface area contributed by atoms with Crippen LogP contribution in [0.25, 0.3) is 11.1 Å². The summed E-state index contributed by atoms with van der Waals surface area (Å²) in [5.74, 6) is -0.378. The van der Waals surface area contributed by atoms with Crippen LogP contribution >= 0.6 is 0 Å². The van der Waals surface area contributed by atoms with Crippen molar-refractivity contribution in [2.75, 3.05) is 16.9 Å². The van der Waals surface area contributed by atoms with Crippen molar-refractivity contribution in [1.29, 1.82) is 0 Å². The first-order chi connectivity index (χ1) is 17.8. The Morgan fingerprint density at radius 1 is 0.703 bits per heavy atom. The van der Waals surface area contributed by atoms with E-state index in [2.05, 4.69) is 16.0 Å². The van der Waals surface area contributed by atoms with Crippen LogP contribution in [0.3, 0.4) is 0 Å². The van der Waals surface area contributed by atoms with E-state index in [1.54, 1.807) is 60.7 Å². The van der Waals surface area contributed by atoms with Gasteiger partial charge < -0.3 is 16.0 Å². The molecule has 4 aromatic carbocycles. The molecule has 3 N–H and O–H groups in total. The second-order valence-corrected chi connectivity index (χ2v) is 10.5. The Morgan fingerprint density at radius 2 is 1.27 bits per heavy atom. The number of benzene rings is 4. The Morgan fingerprint density at radius 3 is 1.92 bits per heavy atom. The van der Waals surface area contributed by atoms with Gasteiger partial charge in [-0.15, -0.1) is 0 Å². The summed E-state index contributed by atoms with van der Waals surface area (Å²) in [7, 11) is -3.40. The minimum Gasteiger partial charge on any atom is -0.326 e. The number of hydrogen-bond acceptors (Lipinski definition) is 4. The van der Waals surface area contributed by atoms with Crippen LogP contribution in [0.1, 0.15) is 5.56 Å². The van der Waals surface area contributed by atoms with Crippen molar-refractivity contribution >= 4 is 33.2 Å². The van der Waals surface area contributed by atoms with Crippen LogP contribution in [0.2, 0.25) is 0 Å². The molecular weight excluding hydrogens is 486 g/mol. The minimum atomic E-state index is -3.40. The van der Waals surface area contributed by atoms with Crippen LogP contribution in [0.15, 0.2) is 114 Å². The van der Waals surface area contributed by atoms with Gasteiger partial charge in [0.25, 0.3) is 0 Å². The number of anilines is 2. The molecule has 0 aliphatic heterocycles. The first-order valence-corrected chi connectivity index (χ1v) is 13.6. The van der Waals surface area contributed by atoms with Gasteiger partial charge in [-0.1, -0.05) is 78.9 Å². The summed E-state index contributed by atoms with van der Waals surface area (Å²) in [6.45, 7) is 0. The first kappa shape index (κ1) is 25.7. The summed E-state index contributed by atoms with van der Waals surface area (Å²) >= 11 is 0. The Kier molecular flexibility index (Phi) is 8.00. The van der Waals surface area contributed by atoms with E-state index >= 15 is 0 Å². The van der Waals surface area contributed by atoms with Gasteiger partial charge in [0, 0.05) is 29.6 Å². The molecule has 0 fully saturated rings. The van der Waals surface area contributed by atoms with Gasteiger partial charge in [0.05, 0.1) is 4.90 Å². The molecule has 188 valence electrons. The zero-order valence-electron chi connectivity index (χ0n) is 20.2. The van der Waals surface area contributed by atoms with Crippen LogP contribution < -0.4 is 16.0 Å². The molecule has 0 unspecified atom stereocenters. The van der Waals surface area contributed by atoms with E-state index in [9.17, 15) is 18.0 Å². The van der Waals surface area contributed by atoms with Crippen molar-refractivity contribution in [3.63, 3.8) is 0 Å². The third-order valence-corrected chi connectivity index (χ3v) is 6.84. The molecule has 0 spiro atoms. The molecule has 37 heavy (non-hydrogen) atoms. The van der Waals surface area contributed by atoms with E-state index in [0.717, 1.165) is 5.56 Å². The monoisotopic (exact) mass is 513 g/mol. The first-order valence-electron chi connectivity index (χ1n) is 11.7. The summed E-state index contributed by atoms with van der Waals surface area (Å²) in [5.41, 5.74) is 3.33. The molecule has 7 nitrogen and oxygen atoms in total. The highest BCUT2D eigenvalue weighted by Crippen LogP contribution is 2.28. The van der Waals surface area contributed by atoms with E-state index in [4.69, 9.17) is 0 Å². The van der Waals surface area contributed by atoms with Gasteiger partial charge in [-0.2, -0.15) is 0 Å². The van der Waals surface area contributed by atoms with Crippen molar-refractivity contribution in [1.82, 2.24) is 5.32 Å². The van der Waals surface area contributed by atoms with Crippen LogP contribution in [0, 0.1) is 0 Å². The van der Waals surface area contributed by atoms with Gasteiger partial charge in [0.15, 0.2) is 9.84 Å². The number of urea groups is 1. The lowest BCUT2D eigenvalue weighted by molar-refractivity contribution is -0.117. The van der Waals surface area contributed by atoms with Gasteiger partial charge in [-0.05, 0) is 41.5 Å². The molecule has 1 atom stereocenters. The number of carbonyl (C=O) groups is 2. The van der Waals surface area contributed by atoms with Crippen molar-refractivity contribution in [2.24, 2.45) is 0 Å². The van der Waals surface area contributed by atoms with Crippen molar-refractivity contribution < 1.29 is 18.0 Å². The Bertz CT molecular complexity index is 1470. The summed E-state index contributed by atoms with van der Waals surface area (Å²) in [4.78, 5) is 26.1. The zero-order valence-corrected chi connectivity index (χ0v) is 21.0. The van der Waals surface area contributed by atoms with E-state index < -0.39 is 21.9 Å². The molecular formula is C29H27N3O4S. The van der Waals surface area contributed by atoms with Crippen LogP contribution in [0.4, 0.5) is 16.2 Å². The predicted octanol–water partition coefficient (Wildman–Crippen LogP) is 5.13. The molecule has 0 saturated carbocycles. The largest absolute Gasteiger partial charge is 0.326 e. The van der Waals surface area contributed by atoms with Gasteiger partial charge >= 0.3 is 6.03 Å². The number of para-hydroxylation sites is 1. The Labute approximate surface area is 216 Å². The smallest absolute Gasteiger partial charge is 0.319 e. The van der Waals surface area contributed by atoms with E-state index in [1.807, 2.05) is 48.5 Å². The molecule has 4 rings (SSSR count). The van der Waals surface area contributed by atoms with Crippen LogP contribution in [0.5, 0.6) is 0 Å². The molecule has 0 aromatic heterocycles. The number of carbonyl (C=O) groups excluding carboxylic acids is 2. The lowest BCUT2D eigenvalue weighted by atomic mass is 10.0. The summed E-state index contributed by atoms with van der Waals surface area (Å²) in [5, 5.41) is 8.36.